The van der Waals surface area contributed by atoms with E-state index in [1.165, 1.54) is 53.2 Å². The first-order valence-corrected chi connectivity index (χ1v) is 18.6. The van der Waals surface area contributed by atoms with Crippen molar-refractivity contribution in [2.75, 3.05) is 32.6 Å². The summed E-state index contributed by atoms with van der Waals surface area (Å²) >= 11 is 0. The third-order valence-electron chi connectivity index (χ3n) is 11.0. The number of benzene rings is 2. The second kappa shape index (κ2) is 17.6. The first-order valence-electron chi connectivity index (χ1n) is 18.6. The predicted molar refractivity (Wildman–Crippen MR) is 207 cm³/mol. The number of ether oxygens (including phenoxy) is 4. The van der Waals surface area contributed by atoms with Gasteiger partial charge in [0.2, 0.25) is 0 Å². The summed E-state index contributed by atoms with van der Waals surface area (Å²) in [7, 11) is 3.07. The molecule has 308 valence electrons. The van der Waals surface area contributed by atoms with Gasteiger partial charge in [-0.05, 0) is 27.0 Å². The van der Waals surface area contributed by atoms with E-state index in [1.54, 1.807) is 51.8 Å². The Morgan fingerprint density at radius 1 is 0.964 bits per heavy atom. The summed E-state index contributed by atoms with van der Waals surface area (Å²) in [5.74, 6) is -8.34. The average Bonchev–Trinajstić information content (AvgIpc) is 3.41. The Balaban J connectivity index is 1.97. The number of methoxy groups -OCH3 is 1. The molecule has 1 amide bonds. The molecule has 0 aromatic heterocycles. The number of rotatable bonds is 6. The zero-order valence-corrected chi connectivity index (χ0v) is 33.6. The number of carbonyl (C=O) groups excluding carboxylic acids is 3. The summed E-state index contributed by atoms with van der Waals surface area (Å²) in [4.78, 5) is 41.8. The summed E-state index contributed by atoms with van der Waals surface area (Å²) in [6, 6.07) is 0. The van der Waals surface area contributed by atoms with E-state index >= 15 is 0 Å². The Kier molecular flexibility index (Phi) is 13.9. The molecule has 15 nitrogen and oxygen atoms in total. The number of phenols is 3. The summed E-state index contributed by atoms with van der Waals surface area (Å²) in [5, 5.41) is 69.7. The van der Waals surface area contributed by atoms with Crippen LogP contribution in [0.15, 0.2) is 36.1 Å². The molecule has 9 atom stereocenters. The van der Waals surface area contributed by atoms with Gasteiger partial charge in [0.25, 0.3) is 11.7 Å². The first-order chi connectivity index (χ1) is 26.2. The van der Waals surface area contributed by atoms with Crippen molar-refractivity contribution >= 4 is 34.1 Å². The minimum absolute atomic E-state index is 0.0115. The molecule has 2 aromatic rings. The summed E-state index contributed by atoms with van der Waals surface area (Å²) in [6.07, 6.45) is 3.50. The summed E-state index contributed by atoms with van der Waals surface area (Å²) < 4.78 is 23.5. The van der Waals surface area contributed by atoms with Gasteiger partial charge >= 0.3 is 11.8 Å². The van der Waals surface area contributed by atoms with E-state index < -0.39 is 88.8 Å². The molecule has 9 unspecified atom stereocenters. The monoisotopic (exact) mass is 784 g/mol. The summed E-state index contributed by atoms with van der Waals surface area (Å²) in [6.45, 7) is 12.2. The van der Waals surface area contributed by atoms with Crippen LogP contribution in [-0.4, -0.2) is 111 Å². The molecule has 0 radical (unpaired) electrons. The van der Waals surface area contributed by atoms with Crippen molar-refractivity contribution in [3.05, 3.63) is 52.8 Å². The maximum Gasteiger partial charge on any atom is 0.312 e. The standard InChI is InChI=1S/C41H56N2O13/c1-19-12-11-13-20(2)40(52)42-31-26(18-43(9)15-16-44)35(49)28-29(36(31)50)34(48)24(6)38-30(28)39(51)41(8,56-38)54-17-14-27(53-10)21(3)37(55-25(7)45)23(5)33(47)22(4)32(19)46/h11-14,17,19,21-23,27,32-33,37,44,46-50H,15-16,18H2,1-10H3,(H,42,52)/b12-11-,17-14-,20-13-. The number of aromatic hydroxyl groups is 3. The molecule has 3 aliphatic rings. The number of phenolic OH excluding ortho intramolecular Hbond substituents is 3. The van der Waals surface area contributed by atoms with Gasteiger partial charge < -0.3 is 54.9 Å². The number of amides is 1. The number of likely N-dealkylation sites (N-methyl/N-ethyl adjacent to an activating group) is 1. The van der Waals surface area contributed by atoms with Crippen LogP contribution in [0.1, 0.15) is 70.0 Å². The van der Waals surface area contributed by atoms with Crippen molar-refractivity contribution in [3.63, 3.8) is 0 Å². The zero-order valence-electron chi connectivity index (χ0n) is 33.6. The normalized spacial score (nSPS) is 31.1. The van der Waals surface area contributed by atoms with Gasteiger partial charge in [-0.15, -0.1) is 0 Å². The second-order valence-corrected chi connectivity index (χ2v) is 15.1. The van der Waals surface area contributed by atoms with Crippen LogP contribution in [-0.2, 0) is 30.3 Å². The fourth-order valence-corrected chi connectivity index (χ4v) is 7.46. The Morgan fingerprint density at radius 3 is 2.23 bits per heavy atom. The molecule has 5 bridgehead atoms. The molecule has 15 heteroatoms. The van der Waals surface area contributed by atoms with Crippen LogP contribution in [0.4, 0.5) is 5.69 Å². The van der Waals surface area contributed by atoms with Gasteiger partial charge in [-0.3, -0.25) is 19.3 Å². The van der Waals surface area contributed by atoms with E-state index in [0.717, 1.165) is 0 Å². The quantitative estimate of drug-likeness (QED) is 0.124. The number of hydrogen-bond acceptors (Lipinski definition) is 14. The highest BCUT2D eigenvalue weighted by atomic mass is 16.7. The fraction of sp³-hybridized carbons (Fsp3) is 0.537. The molecule has 3 aliphatic heterocycles. The molecular formula is C41H56N2O13. The van der Waals surface area contributed by atoms with E-state index in [4.69, 9.17) is 18.9 Å². The maximum atomic E-state index is 14.3. The number of aliphatic hydroxyl groups excluding tert-OH is 3. The lowest BCUT2D eigenvalue weighted by Gasteiger charge is -2.38. The van der Waals surface area contributed by atoms with E-state index in [1.807, 2.05) is 0 Å². The van der Waals surface area contributed by atoms with E-state index in [2.05, 4.69) is 5.32 Å². The highest BCUT2D eigenvalue weighted by molar-refractivity contribution is 6.22. The molecule has 56 heavy (non-hydrogen) atoms. The largest absolute Gasteiger partial charge is 0.507 e. The highest BCUT2D eigenvalue weighted by Gasteiger charge is 2.50. The van der Waals surface area contributed by atoms with Gasteiger partial charge in [0.1, 0.15) is 23.4 Å². The number of hydrogen-bond donors (Lipinski definition) is 7. The number of carbonyl (C=O) groups is 3. The number of nitrogens with zero attached hydrogens (tertiary/aromatic N) is 1. The highest BCUT2D eigenvalue weighted by Crippen LogP contribution is 2.55. The van der Waals surface area contributed by atoms with Crippen LogP contribution < -0.4 is 10.1 Å². The van der Waals surface area contributed by atoms with Crippen molar-refractivity contribution in [1.29, 1.82) is 0 Å². The number of aliphatic hydroxyl groups is 3. The van der Waals surface area contributed by atoms with Crippen molar-refractivity contribution in [2.24, 2.45) is 23.7 Å². The van der Waals surface area contributed by atoms with Crippen molar-refractivity contribution in [2.45, 2.75) is 92.1 Å². The Hall–Kier alpha value is -4.67. The number of esters is 1. The minimum Gasteiger partial charge on any atom is -0.507 e. The number of nitrogens with one attached hydrogen (secondary N) is 1. The SMILES string of the molecule is COC1/C=C\OC2(C)Oc3c(C)c(O)c4c(O)c(c(CN(C)CCO)c(O)c4c3C2=O)NC(=O)/C(C)=C\C=C/C(C)C(O)C(C)C(O)C(C)C(OC(C)=O)C1C. The lowest BCUT2D eigenvalue weighted by Crippen LogP contribution is -2.46. The molecular weight excluding hydrogens is 728 g/mol. The van der Waals surface area contributed by atoms with Gasteiger partial charge in [0.15, 0.2) is 5.75 Å². The van der Waals surface area contributed by atoms with Gasteiger partial charge in [-0.2, -0.15) is 0 Å². The number of fused-ring (bicyclic) bond motifs is 14. The Labute approximate surface area is 326 Å². The topological polar surface area (TPSA) is 225 Å². The van der Waals surface area contributed by atoms with E-state index in [-0.39, 0.29) is 64.2 Å². The zero-order chi connectivity index (χ0) is 42.0. The van der Waals surface area contributed by atoms with E-state index in [9.17, 15) is 45.0 Å². The average molecular weight is 785 g/mol. The van der Waals surface area contributed by atoms with Crippen LogP contribution >= 0.6 is 0 Å². The lowest BCUT2D eigenvalue weighted by molar-refractivity contribution is -0.160. The molecule has 0 spiro atoms. The van der Waals surface area contributed by atoms with Crippen molar-refractivity contribution < 1.29 is 64.0 Å². The predicted octanol–water partition coefficient (Wildman–Crippen LogP) is 4.18. The number of ketones is 1. The molecule has 0 aliphatic carbocycles. The minimum atomic E-state index is -2.04. The van der Waals surface area contributed by atoms with Crippen LogP contribution in [0.5, 0.6) is 23.0 Å². The van der Waals surface area contributed by atoms with Crippen molar-refractivity contribution in [1.82, 2.24) is 4.90 Å². The second-order valence-electron chi connectivity index (χ2n) is 15.1. The maximum absolute atomic E-state index is 14.3. The number of allylic oxidation sites excluding steroid dienone is 2. The lowest BCUT2D eigenvalue weighted by atomic mass is 9.78. The number of anilines is 1. The molecule has 0 saturated heterocycles. The van der Waals surface area contributed by atoms with E-state index in [0.29, 0.717) is 0 Å². The molecule has 2 aromatic carbocycles. The molecule has 3 heterocycles. The van der Waals surface area contributed by atoms with Crippen LogP contribution in [0.3, 0.4) is 0 Å². The van der Waals surface area contributed by atoms with Crippen LogP contribution in [0.2, 0.25) is 0 Å². The third-order valence-corrected chi connectivity index (χ3v) is 11.0. The van der Waals surface area contributed by atoms with Crippen molar-refractivity contribution in [3.8, 4) is 23.0 Å². The van der Waals surface area contributed by atoms with Gasteiger partial charge in [0.05, 0.1) is 47.8 Å². The molecule has 0 saturated carbocycles. The van der Waals surface area contributed by atoms with Gasteiger partial charge in [0, 0.05) is 79.8 Å². The molecule has 5 rings (SSSR count). The first kappa shape index (κ1) is 44.0. The Bertz CT molecular complexity index is 1920. The summed E-state index contributed by atoms with van der Waals surface area (Å²) in [5.41, 5.74) is -0.211. The fourth-order valence-electron chi connectivity index (χ4n) is 7.46. The smallest absolute Gasteiger partial charge is 0.312 e. The third kappa shape index (κ3) is 8.51. The van der Waals surface area contributed by atoms with Gasteiger partial charge in [-0.25, -0.2) is 0 Å². The number of Topliss-reactive ketones (excluding diaryl/α,β-unsaturated/α-hetero) is 1. The van der Waals surface area contributed by atoms with Gasteiger partial charge in [-0.1, -0.05) is 45.9 Å². The van der Waals surface area contributed by atoms with Crippen LogP contribution in [0, 0.1) is 30.6 Å². The van der Waals surface area contributed by atoms with Crippen LogP contribution in [0.25, 0.3) is 10.8 Å². The molecule has 7 N–H and O–H groups in total. The Morgan fingerprint density at radius 2 is 1.62 bits per heavy atom. The molecule has 0 fully saturated rings.